The van der Waals surface area contributed by atoms with Crippen LogP contribution in [0.4, 0.5) is 30.5 Å². The SMILES string of the molecule is NC[C@H]1CN(c2ccc(N3CCNN(C(=O)Nc4nccs4)CC3)c(F)c2)C(=O)O1. The first-order chi connectivity index (χ1) is 14.5. The zero-order chi connectivity index (χ0) is 21.1. The third kappa shape index (κ3) is 4.30. The first kappa shape index (κ1) is 20.3. The van der Waals surface area contributed by atoms with Crippen LogP contribution in [0.1, 0.15) is 0 Å². The lowest BCUT2D eigenvalue weighted by atomic mass is 10.2. The molecule has 2 aliphatic heterocycles. The third-order valence-electron chi connectivity index (χ3n) is 4.89. The molecule has 0 bridgehead atoms. The Morgan fingerprint density at radius 1 is 1.40 bits per heavy atom. The number of urea groups is 1. The van der Waals surface area contributed by atoms with Crippen molar-refractivity contribution in [3.63, 3.8) is 0 Å². The third-order valence-corrected chi connectivity index (χ3v) is 5.58. The lowest BCUT2D eigenvalue weighted by Crippen LogP contribution is -2.46. The van der Waals surface area contributed by atoms with Crippen LogP contribution in [-0.2, 0) is 4.74 Å². The van der Waals surface area contributed by atoms with Gasteiger partial charge in [-0.05, 0) is 18.2 Å². The summed E-state index contributed by atoms with van der Waals surface area (Å²) in [7, 11) is 0. The van der Waals surface area contributed by atoms with E-state index in [0.717, 1.165) is 0 Å². The summed E-state index contributed by atoms with van der Waals surface area (Å²) in [6.07, 6.45) is 0.694. The fourth-order valence-electron chi connectivity index (χ4n) is 3.37. The monoisotopic (exact) mass is 435 g/mol. The lowest BCUT2D eigenvalue weighted by molar-refractivity contribution is 0.145. The Kier molecular flexibility index (Phi) is 5.97. The van der Waals surface area contributed by atoms with Crippen molar-refractivity contribution in [1.82, 2.24) is 15.4 Å². The van der Waals surface area contributed by atoms with Crippen molar-refractivity contribution in [1.29, 1.82) is 0 Å². The highest BCUT2D eigenvalue weighted by Gasteiger charge is 2.32. The van der Waals surface area contributed by atoms with Gasteiger partial charge in [0.25, 0.3) is 0 Å². The average molecular weight is 435 g/mol. The molecule has 1 atom stereocenters. The second-order valence-electron chi connectivity index (χ2n) is 6.80. The normalized spacial score (nSPS) is 19.6. The minimum atomic E-state index is -0.529. The quantitative estimate of drug-likeness (QED) is 0.665. The number of thiazole rings is 1. The van der Waals surface area contributed by atoms with Crippen LogP contribution in [0.15, 0.2) is 29.8 Å². The molecule has 2 aliphatic rings. The van der Waals surface area contributed by atoms with Gasteiger partial charge in [0.15, 0.2) is 5.13 Å². The molecule has 0 unspecified atom stereocenters. The summed E-state index contributed by atoms with van der Waals surface area (Å²) < 4.78 is 20.0. The number of nitrogens with zero attached hydrogens (tertiary/aromatic N) is 4. The number of amides is 3. The van der Waals surface area contributed by atoms with Gasteiger partial charge in [-0.15, -0.1) is 11.3 Å². The van der Waals surface area contributed by atoms with Crippen molar-refractivity contribution < 1.29 is 18.7 Å². The molecule has 4 N–H and O–H groups in total. The number of aromatic nitrogens is 1. The molecule has 160 valence electrons. The molecule has 0 spiro atoms. The fraction of sp³-hybridized carbons (Fsp3) is 0.389. The minimum absolute atomic E-state index is 0.218. The second kappa shape index (κ2) is 8.81. The summed E-state index contributed by atoms with van der Waals surface area (Å²) >= 11 is 1.33. The number of cyclic esters (lactones) is 1. The Morgan fingerprint density at radius 2 is 2.27 bits per heavy atom. The van der Waals surface area contributed by atoms with Crippen molar-refractivity contribution in [2.24, 2.45) is 5.73 Å². The number of halogens is 1. The van der Waals surface area contributed by atoms with Gasteiger partial charge < -0.3 is 15.4 Å². The molecule has 2 saturated heterocycles. The van der Waals surface area contributed by atoms with Gasteiger partial charge in [0.1, 0.15) is 11.9 Å². The Hall–Kier alpha value is -2.96. The van der Waals surface area contributed by atoms with Crippen molar-refractivity contribution in [2.75, 3.05) is 54.4 Å². The number of hydrazine groups is 1. The number of ether oxygens (including phenoxy) is 1. The molecule has 0 radical (unpaired) electrons. The summed E-state index contributed by atoms with van der Waals surface area (Å²) in [6, 6.07) is 4.33. The Labute approximate surface area is 176 Å². The van der Waals surface area contributed by atoms with E-state index in [1.807, 2.05) is 4.90 Å². The smallest absolute Gasteiger partial charge is 0.414 e. The molecule has 1 aromatic carbocycles. The van der Waals surface area contributed by atoms with E-state index in [1.165, 1.54) is 27.3 Å². The van der Waals surface area contributed by atoms with Gasteiger partial charge in [0.05, 0.1) is 24.5 Å². The van der Waals surface area contributed by atoms with Gasteiger partial charge in [0.2, 0.25) is 0 Å². The Balaban J connectivity index is 1.40. The number of carbonyl (C=O) groups excluding carboxylic acids is 2. The molecule has 2 fully saturated rings. The van der Waals surface area contributed by atoms with E-state index >= 15 is 0 Å². The summed E-state index contributed by atoms with van der Waals surface area (Å²) in [5, 5.41) is 6.47. The number of carbonyl (C=O) groups is 2. The molecule has 0 aliphatic carbocycles. The van der Waals surface area contributed by atoms with E-state index in [2.05, 4.69) is 15.7 Å². The van der Waals surface area contributed by atoms with Gasteiger partial charge in [-0.1, -0.05) is 0 Å². The standard InChI is InChI=1S/C18H22FN7O3S/c19-14-9-12(25-11-13(10-20)29-18(25)28)1-2-15(14)24-5-3-22-26(7-6-24)17(27)23-16-21-4-8-30-16/h1-2,4,8-9,13,22H,3,5-7,10-11,20H2,(H,21,23,27)/t13-/m0/s1. The van der Waals surface area contributed by atoms with Crippen molar-refractivity contribution in [3.8, 4) is 0 Å². The maximum absolute atomic E-state index is 14.9. The van der Waals surface area contributed by atoms with Crippen LogP contribution in [0.5, 0.6) is 0 Å². The van der Waals surface area contributed by atoms with Gasteiger partial charge in [-0.3, -0.25) is 15.2 Å². The number of nitrogens with one attached hydrogen (secondary N) is 2. The highest BCUT2D eigenvalue weighted by Crippen LogP contribution is 2.28. The van der Waals surface area contributed by atoms with Crippen molar-refractivity contribution in [3.05, 3.63) is 35.6 Å². The molecule has 3 amide bonds. The van der Waals surface area contributed by atoms with E-state index in [-0.39, 0.29) is 12.6 Å². The van der Waals surface area contributed by atoms with Crippen LogP contribution in [0.25, 0.3) is 0 Å². The highest BCUT2D eigenvalue weighted by molar-refractivity contribution is 7.13. The largest absolute Gasteiger partial charge is 0.443 e. The molecule has 30 heavy (non-hydrogen) atoms. The minimum Gasteiger partial charge on any atom is -0.443 e. The number of nitrogens with two attached hydrogens (primary N) is 1. The summed E-state index contributed by atoms with van der Waals surface area (Å²) in [5.41, 5.74) is 9.42. The number of rotatable bonds is 4. The van der Waals surface area contributed by atoms with Gasteiger partial charge in [-0.2, -0.15) is 0 Å². The van der Waals surface area contributed by atoms with E-state index in [1.54, 1.807) is 23.7 Å². The van der Waals surface area contributed by atoms with Gasteiger partial charge >= 0.3 is 12.1 Å². The molecule has 4 rings (SSSR count). The van der Waals surface area contributed by atoms with Crippen molar-refractivity contribution >= 4 is 40.0 Å². The summed E-state index contributed by atoms with van der Waals surface area (Å²) in [6.45, 7) is 2.28. The Morgan fingerprint density at radius 3 is 2.97 bits per heavy atom. The number of hydrogen-bond acceptors (Lipinski definition) is 8. The zero-order valence-corrected chi connectivity index (χ0v) is 16.9. The van der Waals surface area contributed by atoms with Crippen LogP contribution in [0, 0.1) is 5.82 Å². The number of benzene rings is 1. The Bertz CT molecular complexity index is 913. The summed E-state index contributed by atoms with van der Waals surface area (Å²) in [4.78, 5) is 31.6. The highest BCUT2D eigenvalue weighted by atomic mass is 32.1. The first-order valence-corrected chi connectivity index (χ1v) is 10.4. The average Bonchev–Trinajstić information content (AvgIpc) is 3.30. The molecular weight excluding hydrogens is 413 g/mol. The van der Waals surface area contributed by atoms with Gasteiger partial charge in [-0.25, -0.2) is 24.4 Å². The molecule has 10 nitrogen and oxygen atoms in total. The number of anilines is 3. The number of hydrogen-bond donors (Lipinski definition) is 3. The zero-order valence-electron chi connectivity index (χ0n) is 16.1. The molecule has 3 heterocycles. The van der Waals surface area contributed by atoms with Crippen LogP contribution in [0.2, 0.25) is 0 Å². The maximum atomic E-state index is 14.9. The van der Waals surface area contributed by atoms with Crippen LogP contribution < -0.4 is 26.3 Å². The van der Waals surface area contributed by atoms with E-state index in [0.29, 0.717) is 49.2 Å². The van der Waals surface area contributed by atoms with E-state index in [4.69, 9.17) is 10.5 Å². The first-order valence-electron chi connectivity index (χ1n) is 9.49. The predicted octanol–water partition coefficient (Wildman–Crippen LogP) is 1.42. The molecule has 2 aromatic rings. The lowest BCUT2D eigenvalue weighted by Gasteiger charge is -2.24. The molecular formula is C18H22FN7O3S. The van der Waals surface area contributed by atoms with Crippen LogP contribution >= 0.6 is 11.3 Å². The molecule has 1 aromatic heterocycles. The maximum Gasteiger partial charge on any atom is 0.414 e. The molecule has 12 heteroatoms. The topological polar surface area (TPSA) is 116 Å². The van der Waals surface area contributed by atoms with Gasteiger partial charge in [0, 0.05) is 37.8 Å². The molecule has 0 saturated carbocycles. The van der Waals surface area contributed by atoms with Crippen LogP contribution in [-0.4, -0.2) is 67.5 Å². The van der Waals surface area contributed by atoms with E-state index in [9.17, 15) is 14.0 Å². The predicted molar refractivity (Wildman–Crippen MR) is 111 cm³/mol. The van der Waals surface area contributed by atoms with E-state index < -0.39 is 18.0 Å². The summed E-state index contributed by atoms with van der Waals surface area (Å²) in [5.74, 6) is -0.447. The van der Waals surface area contributed by atoms with Crippen molar-refractivity contribution in [2.45, 2.75) is 6.10 Å². The van der Waals surface area contributed by atoms with Crippen LogP contribution in [0.3, 0.4) is 0 Å². The second-order valence-corrected chi connectivity index (χ2v) is 7.70. The fourth-order valence-corrected chi connectivity index (χ4v) is 3.88.